The van der Waals surface area contributed by atoms with Crippen LogP contribution in [0.1, 0.15) is 26.3 Å². The first-order chi connectivity index (χ1) is 8.93. The molecule has 1 saturated heterocycles. The van der Waals surface area contributed by atoms with E-state index in [1.807, 2.05) is 24.3 Å². The van der Waals surface area contributed by atoms with Gasteiger partial charge in [-0.3, -0.25) is 4.90 Å². The highest BCUT2D eigenvalue weighted by Gasteiger charge is 2.31. The first-order valence-corrected chi connectivity index (χ1v) is 6.58. The lowest BCUT2D eigenvalue weighted by Crippen LogP contribution is -2.45. The molecule has 1 N–H and O–H groups in total. The first kappa shape index (κ1) is 13.9. The van der Waals surface area contributed by atoms with E-state index in [9.17, 15) is 9.90 Å². The summed E-state index contributed by atoms with van der Waals surface area (Å²) >= 11 is 0. The summed E-state index contributed by atoms with van der Waals surface area (Å²) in [6, 6.07) is 7.86. The SMILES string of the molecule is CC(C)(C)c1ccccc1N1CC(CO)COC1=O. The lowest BCUT2D eigenvalue weighted by molar-refractivity contribution is 0.0899. The molecule has 0 spiro atoms. The molecular formula is C15H21NO3. The van der Waals surface area contributed by atoms with Crippen molar-refractivity contribution in [2.75, 3.05) is 24.7 Å². The molecule has 19 heavy (non-hydrogen) atoms. The van der Waals surface area contributed by atoms with Crippen molar-refractivity contribution in [3.05, 3.63) is 29.8 Å². The number of carbonyl (C=O) groups excluding carboxylic acids is 1. The van der Waals surface area contributed by atoms with Crippen LogP contribution in [0.4, 0.5) is 10.5 Å². The smallest absolute Gasteiger partial charge is 0.414 e. The van der Waals surface area contributed by atoms with E-state index in [4.69, 9.17) is 4.74 Å². The van der Waals surface area contributed by atoms with Gasteiger partial charge in [0, 0.05) is 12.5 Å². The standard InChI is InChI=1S/C15H21NO3/c1-15(2,3)12-6-4-5-7-13(12)16-8-11(9-17)10-19-14(16)18/h4-7,11,17H,8-10H2,1-3H3. The molecule has 0 aliphatic carbocycles. The molecule has 104 valence electrons. The second-order valence-electron chi connectivity index (χ2n) is 6.00. The summed E-state index contributed by atoms with van der Waals surface area (Å²) < 4.78 is 5.14. The molecule has 1 aliphatic rings. The number of ether oxygens (including phenoxy) is 1. The van der Waals surface area contributed by atoms with Crippen LogP contribution in [0, 0.1) is 5.92 Å². The lowest BCUT2D eigenvalue weighted by Gasteiger charge is -2.34. The Morgan fingerprint density at radius 2 is 2.05 bits per heavy atom. The van der Waals surface area contributed by atoms with Crippen molar-refractivity contribution in [3.8, 4) is 0 Å². The van der Waals surface area contributed by atoms with Crippen LogP contribution >= 0.6 is 0 Å². The zero-order valence-corrected chi connectivity index (χ0v) is 11.7. The Morgan fingerprint density at radius 1 is 1.37 bits per heavy atom. The number of aliphatic hydroxyl groups excluding tert-OH is 1. The molecule has 2 rings (SSSR count). The molecule has 1 unspecified atom stereocenters. The number of aliphatic hydroxyl groups is 1. The van der Waals surface area contributed by atoms with Gasteiger partial charge in [-0.1, -0.05) is 39.0 Å². The van der Waals surface area contributed by atoms with E-state index in [2.05, 4.69) is 20.8 Å². The van der Waals surface area contributed by atoms with Crippen LogP contribution in [0.3, 0.4) is 0 Å². The van der Waals surface area contributed by atoms with Gasteiger partial charge >= 0.3 is 6.09 Å². The second kappa shape index (κ2) is 5.21. The third-order valence-corrected chi connectivity index (χ3v) is 3.36. The molecule has 4 heteroatoms. The van der Waals surface area contributed by atoms with E-state index >= 15 is 0 Å². The minimum Gasteiger partial charge on any atom is -0.449 e. The molecule has 0 bridgehead atoms. The third kappa shape index (κ3) is 2.89. The van der Waals surface area contributed by atoms with Crippen molar-refractivity contribution in [1.82, 2.24) is 0 Å². The predicted molar refractivity (Wildman–Crippen MR) is 74.4 cm³/mol. The summed E-state index contributed by atoms with van der Waals surface area (Å²) in [5.41, 5.74) is 1.92. The Bertz CT molecular complexity index is 465. The Hall–Kier alpha value is -1.55. The van der Waals surface area contributed by atoms with Gasteiger partial charge in [0.05, 0.1) is 18.9 Å². The van der Waals surface area contributed by atoms with Crippen LogP contribution in [-0.4, -0.2) is 31.0 Å². The van der Waals surface area contributed by atoms with Crippen LogP contribution < -0.4 is 4.90 Å². The number of rotatable bonds is 2. The van der Waals surface area contributed by atoms with E-state index < -0.39 is 0 Å². The molecular weight excluding hydrogens is 242 g/mol. The van der Waals surface area contributed by atoms with Gasteiger partial charge in [-0.2, -0.15) is 0 Å². The Morgan fingerprint density at radius 3 is 2.68 bits per heavy atom. The maximum absolute atomic E-state index is 12.0. The molecule has 1 aromatic carbocycles. The third-order valence-electron chi connectivity index (χ3n) is 3.36. The van der Waals surface area contributed by atoms with Crippen LogP contribution in [0.5, 0.6) is 0 Å². The van der Waals surface area contributed by atoms with Crippen molar-refractivity contribution < 1.29 is 14.6 Å². The lowest BCUT2D eigenvalue weighted by atomic mass is 9.85. The summed E-state index contributed by atoms with van der Waals surface area (Å²) in [6.45, 7) is 7.17. The Kier molecular flexibility index (Phi) is 3.80. The fourth-order valence-electron chi connectivity index (χ4n) is 2.30. The number of para-hydroxylation sites is 1. The van der Waals surface area contributed by atoms with Gasteiger partial charge in [-0.15, -0.1) is 0 Å². The minimum atomic E-state index is -0.332. The maximum atomic E-state index is 12.0. The normalized spacial score (nSPS) is 20.3. The fourth-order valence-corrected chi connectivity index (χ4v) is 2.30. The Labute approximate surface area is 114 Å². The van der Waals surface area contributed by atoms with Gasteiger partial charge in [0.2, 0.25) is 0 Å². The number of anilines is 1. The average molecular weight is 263 g/mol. The number of carbonyl (C=O) groups is 1. The summed E-state index contributed by atoms with van der Waals surface area (Å²) in [5, 5.41) is 9.25. The van der Waals surface area contributed by atoms with E-state index in [0.29, 0.717) is 13.2 Å². The quantitative estimate of drug-likeness (QED) is 0.892. The van der Waals surface area contributed by atoms with Crippen LogP contribution in [0.15, 0.2) is 24.3 Å². The zero-order valence-electron chi connectivity index (χ0n) is 11.7. The van der Waals surface area contributed by atoms with Gasteiger partial charge in [0.1, 0.15) is 0 Å². The van der Waals surface area contributed by atoms with E-state index in [1.54, 1.807) is 4.90 Å². The minimum absolute atomic E-state index is 0.0225. The molecule has 0 radical (unpaired) electrons. The van der Waals surface area contributed by atoms with Crippen LogP contribution in [0.2, 0.25) is 0 Å². The largest absolute Gasteiger partial charge is 0.449 e. The van der Waals surface area contributed by atoms with Crippen molar-refractivity contribution in [2.24, 2.45) is 5.92 Å². The summed E-state index contributed by atoms with van der Waals surface area (Å²) in [7, 11) is 0. The molecule has 1 amide bonds. The van der Waals surface area contributed by atoms with Gasteiger partial charge in [-0.05, 0) is 17.0 Å². The molecule has 4 nitrogen and oxygen atoms in total. The van der Waals surface area contributed by atoms with Gasteiger partial charge < -0.3 is 9.84 Å². The summed E-state index contributed by atoms with van der Waals surface area (Å²) in [4.78, 5) is 13.6. The number of hydrogen-bond donors (Lipinski definition) is 1. The molecule has 1 aliphatic heterocycles. The topological polar surface area (TPSA) is 49.8 Å². The predicted octanol–water partition coefficient (Wildman–Crippen LogP) is 2.55. The first-order valence-electron chi connectivity index (χ1n) is 6.58. The van der Waals surface area contributed by atoms with E-state index in [1.165, 1.54) is 0 Å². The fraction of sp³-hybridized carbons (Fsp3) is 0.533. The molecule has 1 fully saturated rings. The van der Waals surface area contributed by atoms with E-state index in [0.717, 1.165) is 11.3 Å². The van der Waals surface area contributed by atoms with Crippen molar-refractivity contribution in [3.63, 3.8) is 0 Å². The molecule has 1 atom stereocenters. The summed E-state index contributed by atoms with van der Waals surface area (Å²) in [5.74, 6) is -0.0225. The van der Waals surface area contributed by atoms with Gasteiger partial charge in [0.15, 0.2) is 0 Å². The van der Waals surface area contributed by atoms with Crippen molar-refractivity contribution in [1.29, 1.82) is 0 Å². The van der Waals surface area contributed by atoms with Crippen molar-refractivity contribution in [2.45, 2.75) is 26.2 Å². The van der Waals surface area contributed by atoms with Gasteiger partial charge in [-0.25, -0.2) is 4.79 Å². The zero-order chi connectivity index (χ0) is 14.0. The number of cyclic esters (lactones) is 1. The van der Waals surface area contributed by atoms with Gasteiger partial charge in [0.25, 0.3) is 0 Å². The summed E-state index contributed by atoms with van der Waals surface area (Å²) in [6.07, 6.45) is -0.332. The van der Waals surface area contributed by atoms with E-state index in [-0.39, 0.29) is 24.0 Å². The highest BCUT2D eigenvalue weighted by molar-refractivity contribution is 5.89. The molecule has 0 saturated carbocycles. The monoisotopic (exact) mass is 263 g/mol. The second-order valence-corrected chi connectivity index (χ2v) is 6.00. The van der Waals surface area contributed by atoms with Crippen LogP contribution in [-0.2, 0) is 10.2 Å². The van der Waals surface area contributed by atoms with Crippen LogP contribution in [0.25, 0.3) is 0 Å². The number of hydrogen-bond acceptors (Lipinski definition) is 3. The maximum Gasteiger partial charge on any atom is 0.414 e. The highest BCUT2D eigenvalue weighted by atomic mass is 16.6. The highest BCUT2D eigenvalue weighted by Crippen LogP contribution is 2.33. The molecule has 1 heterocycles. The van der Waals surface area contributed by atoms with Crippen molar-refractivity contribution >= 4 is 11.8 Å². The molecule has 0 aromatic heterocycles. The Balaban J connectivity index is 2.37. The average Bonchev–Trinajstić information content (AvgIpc) is 2.38. The number of nitrogens with zero attached hydrogens (tertiary/aromatic N) is 1. The molecule has 1 aromatic rings. The number of benzene rings is 1. The number of amides is 1.